The third-order valence-corrected chi connectivity index (χ3v) is 4.13. The summed E-state index contributed by atoms with van der Waals surface area (Å²) < 4.78 is 2.25. The maximum absolute atomic E-state index is 12.3. The van der Waals surface area contributed by atoms with Crippen molar-refractivity contribution in [2.24, 2.45) is 14.1 Å². The van der Waals surface area contributed by atoms with Crippen LogP contribution < -0.4 is 21.9 Å². The number of aryl methyl sites for hydroxylation is 1. The van der Waals surface area contributed by atoms with Crippen LogP contribution in [-0.2, 0) is 14.1 Å². The second kappa shape index (κ2) is 8.06. The predicted octanol–water partition coefficient (Wildman–Crippen LogP) is -0.917. The van der Waals surface area contributed by atoms with E-state index in [0.717, 1.165) is 23.3 Å². The van der Waals surface area contributed by atoms with Gasteiger partial charge in [-0.15, -0.1) is 10.2 Å². The van der Waals surface area contributed by atoms with Gasteiger partial charge in [0.2, 0.25) is 0 Å². The van der Waals surface area contributed by atoms with Crippen molar-refractivity contribution in [1.29, 1.82) is 0 Å². The van der Waals surface area contributed by atoms with Gasteiger partial charge in [-0.1, -0.05) is 0 Å². The Morgan fingerprint density at radius 1 is 1.00 bits per heavy atom. The third kappa shape index (κ3) is 3.86. The fourth-order valence-electron chi connectivity index (χ4n) is 2.61. The van der Waals surface area contributed by atoms with Crippen molar-refractivity contribution in [2.75, 3.05) is 31.6 Å². The SMILES string of the molecule is Cn1c(=O)c2nc(-c3ccc(NCCNCCO)cc3)nnc2n(C)c1=O. The summed E-state index contributed by atoms with van der Waals surface area (Å²) in [6.45, 7) is 2.14. The lowest BCUT2D eigenvalue weighted by Gasteiger charge is -2.08. The molecule has 27 heavy (non-hydrogen) atoms. The molecule has 10 nitrogen and oxygen atoms in total. The summed E-state index contributed by atoms with van der Waals surface area (Å²) in [5, 5.41) is 23.1. The Labute approximate surface area is 154 Å². The van der Waals surface area contributed by atoms with Crippen LogP contribution in [0.3, 0.4) is 0 Å². The van der Waals surface area contributed by atoms with Crippen molar-refractivity contribution in [3.8, 4) is 11.4 Å². The van der Waals surface area contributed by atoms with E-state index in [1.165, 1.54) is 18.7 Å². The topological polar surface area (TPSA) is 127 Å². The molecule has 1 aromatic carbocycles. The average molecular weight is 371 g/mol. The Hall–Kier alpha value is -3.11. The van der Waals surface area contributed by atoms with E-state index in [1.54, 1.807) is 0 Å². The summed E-state index contributed by atoms with van der Waals surface area (Å²) in [6.07, 6.45) is 0. The van der Waals surface area contributed by atoms with Crippen molar-refractivity contribution < 1.29 is 5.11 Å². The molecule has 0 atom stereocenters. The van der Waals surface area contributed by atoms with E-state index < -0.39 is 11.2 Å². The van der Waals surface area contributed by atoms with E-state index in [0.29, 0.717) is 17.9 Å². The number of aliphatic hydroxyl groups excluding tert-OH is 1. The van der Waals surface area contributed by atoms with Crippen LogP contribution in [0.4, 0.5) is 5.69 Å². The van der Waals surface area contributed by atoms with E-state index in [4.69, 9.17) is 5.11 Å². The number of aliphatic hydroxyl groups is 1. The van der Waals surface area contributed by atoms with E-state index in [2.05, 4.69) is 25.8 Å². The molecule has 0 fully saturated rings. The maximum atomic E-state index is 12.3. The van der Waals surface area contributed by atoms with Gasteiger partial charge >= 0.3 is 5.69 Å². The summed E-state index contributed by atoms with van der Waals surface area (Å²) in [5.74, 6) is 0.314. The Balaban J connectivity index is 1.83. The Bertz CT molecular complexity index is 1060. The lowest BCUT2D eigenvalue weighted by Crippen LogP contribution is -2.38. The zero-order valence-corrected chi connectivity index (χ0v) is 15.1. The standard InChI is InChI=1S/C17H21N7O3/c1-23-15-13(16(26)24(2)17(23)27)20-14(21-22-15)11-3-5-12(6-4-11)19-8-7-18-9-10-25/h3-6,18-19,25H,7-10H2,1-2H3. The molecule has 3 rings (SSSR count). The largest absolute Gasteiger partial charge is 0.395 e. The quantitative estimate of drug-likeness (QED) is 0.455. The second-order valence-corrected chi connectivity index (χ2v) is 5.99. The van der Waals surface area contributed by atoms with E-state index in [9.17, 15) is 9.59 Å². The van der Waals surface area contributed by atoms with Crippen LogP contribution in [0.5, 0.6) is 0 Å². The maximum Gasteiger partial charge on any atom is 0.332 e. The first-order valence-corrected chi connectivity index (χ1v) is 8.49. The molecule has 142 valence electrons. The lowest BCUT2D eigenvalue weighted by molar-refractivity contribution is 0.293. The molecule has 0 aliphatic heterocycles. The fourth-order valence-corrected chi connectivity index (χ4v) is 2.61. The van der Waals surface area contributed by atoms with Crippen LogP contribution in [0.1, 0.15) is 0 Å². The van der Waals surface area contributed by atoms with Crippen LogP contribution in [0.25, 0.3) is 22.6 Å². The van der Waals surface area contributed by atoms with Crippen molar-refractivity contribution in [2.45, 2.75) is 0 Å². The van der Waals surface area contributed by atoms with Crippen LogP contribution in [0.15, 0.2) is 33.9 Å². The lowest BCUT2D eigenvalue weighted by atomic mass is 10.2. The number of hydrogen-bond donors (Lipinski definition) is 3. The van der Waals surface area contributed by atoms with Gasteiger partial charge < -0.3 is 15.7 Å². The predicted molar refractivity (Wildman–Crippen MR) is 102 cm³/mol. The van der Waals surface area contributed by atoms with Gasteiger partial charge in [-0.3, -0.25) is 13.9 Å². The molecule has 0 aliphatic carbocycles. The highest BCUT2D eigenvalue weighted by atomic mass is 16.3. The van der Waals surface area contributed by atoms with Gasteiger partial charge in [-0.2, -0.15) is 0 Å². The van der Waals surface area contributed by atoms with Gasteiger partial charge in [0.1, 0.15) is 0 Å². The summed E-state index contributed by atoms with van der Waals surface area (Å²) in [6, 6.07) is 7.43. The number of hydrogen-bond acceptors (Lipinski definition) is 8. The average Bonchev–Trinajstić information content (AvgIpc) is 2.70. The third-order valence-electron chi connectivity index (χ3n) is 4.13. The summed E-state index contributed by atoms with van der Waals surface area (Å²) in [5.41, 5.74) is 0.918. The zero-order valence-electron chi connectivity index (χ0n) is 15.1. The van der Waals surface area contributed by atoms with E-state index >= 15 is 0 Å². The van der Waals surface area contributed by atoms with E-state index in [1.807, 2.05) is 24.3 Å². The van der Waals surface area contributed by atoms with Gasteiger partial charge in [-0.25, -0.2) is 9.78 Å². The highest BCUT2D eigenvalue weighted by molar-refractivity contribution is 5.71. The molecule has 0 saturated heterocycles. The van der Waals surface area contributed by atoms with Crippen molar-refractivity contribution in [3.63, 3.8) is 0 Å². The molecular formula is C17H21N7O3. The molecule has 3 aromatic rings. The van der Waals surface area contributed by atoms with Crippen molar-refractivity contribution in [3.05, 3.63) is 45.1 Å². The number of nitrogens with one attached hydrogen (secondary N) is 2. The first-order chi connectivity index (χ1) is 13.0. The molecule has 10 heteroatoms. The van der Waals surface area contributed by atoms with Crippen LogP contribution in [0, 0.1) is 0 Å². The molecule has 0 aliphatic rings. The number of fused-ring (bicyclic) bond motifs is 1. The molecule has 0 bridgehead atoms. The minimum Gasteiger partial charge on any atom is -0.395 e. The Morgan fingerprint density at radius 3 is 2.44 bits per heavy atom. The Morgan fingerprint density at radius 2 is 1.74 bits per heavy atom. The fraction of sp³-hybridized carbons (Fsp3) is 0.353. The number of nitrogens with zero attached hydrogens (tertiary/aromatic N) is 5. The molecule has 2 aromatic heterocycles. The second-order valence-electron chi connectivity index (χ2n) is 5.99. The molecule has 2 heterocycles. The molecule has 0 amide bonds. The number of anilines is 1. The number of aromatic nitrogens is 5. The van der Waals surface area contributed by atoms with Gasteiger partial charge in [0.25, 0.3) is 5.56 Å². The number of rotatable bonds is 7. The summed E-state index contributed by atoms with van der Waals surface area (Å²) >= 11 is 0. The number of benzene rings is 1. The van der Waals surface area contributed by atoms with Crippen LogP contribution in [0.2, 0.25) is 0 Å². The highest BCUT2D eigenvalue weighted by Crippen LogP contribution is 2.18. The van der Waals surface area contributed by atoms with Crippen LogP contribution >= 0.6 is 0 Å². The molecule has 0 unspecified atom stereocenters. The van der Waals surface area contributed by atoms with Gasteiger partial charge in [0, 0.05) is 45.0 Å². The Kier molecular flexibility index (Phi) is 5.57. The van der Waals surface area contributed by atoms with Crippen molar-refractivity contribution >= 4 is 16.9 Å². The van der Waals surface area contributed by atoms with Gasteiger partial charge in [-0.05, 0) is 24.3 Å². The molecule has 0 spiro atoms. The van der Waals surface area contributed by atoms with E-state index in [-0.39, 0.29) is 17.8 Å². The van der Waals surface area contributed by atoms with Crippen LogP contribution in [-0.4, -0.2) is 55.7 Å². The summed E-state index contributed by atoms with van der Waals surface area (Å²) in [7, 11) is 2.93. The van der Waals surface area contributed by atoms with Crippen molar-refractivity contribution in [1.82, 2.24) is 29.6 Å². The zero-order chi connectivity index (χ0) is 19.4. The highest BCUT2D eigenvalue weighted by Gasteiger charge is 2.13. The molecule has 0 radical (unpaired) electrons. The summed E-state index contributed by atoms with van der Waals surface area (Å²) in [4.78, 5) is 28.6. The normalized spacial score (nSPS) is 11.1. The van der Waals surface area contributed by atoms with Gasteiger partial charge in [0.05, 0.1) is 6.61 Å². The minimum atomic E-state index is -0.502. The molecular weight excluding hydrogens is 350 g/mol. The first-order valence-electron chi connectivity index (χ1n) is 8.49. The van der Waals surface area contributed by atoms with Gasteiger partial charge in [0.15, 0.2) is 17.0 Å². The molecule has 0 saturated carbocycles. The molecule has 3 N–H and O–H groups in total. The first kappa shape index (κ1) is 18.7. The minimum absolute atomic E-state index is 0.0989. The smallest absolute Gasteiger partial charge is 0.332 e. The monoisotopic (exact) mass is 371 g/mol.